The van der Waals surface area contributed by atoms with Crippen LogP contribution >= 0.6 is 10.7 Å². The van der Waals surface area contributed by atoms with E-state index in [-0.39, 0.29) is 24.5 Å². The standard InChI is InChI=1S/C10H12ClNO5S/c1-8-3-4-9(12(13)14)7-10(8)17-5-2-6-18(11,15)16/h3-4,7H,2,5-6H2,1H3. The highest BCUT2D eigenvalue weighted by molar-refractivity contribution is 8.13. The van der Waals surface area contributed by atoms with Gasteiger partial charge < -0.3 is 4.74 Å². The summed E-state index contributed by atoms with van der Waals surface area (Å²) in [4.78, 5) is 10.1. The average molecular weight is 294 g/mol. The Bertz CT molecular complexity index is 543. The maximum Gasteiger partial charge on any atom is 0.273 e. The Hall–Kier alpha value is -1.34. The van der Waals surface area contributed by atoms with E-state index in [0.717, 1.165) is 5.56 Å². The van der Waals surface area contributed by atoms with E-state index in [1.165, 1.54) is 12.1 Å². The molecule has 0 radical (unpaired) electrons. The number of nitro benzene ring substituents is 1. The molecule has 0 aliphatic rings. The van der Waals surface area contributed by atoms with Crippen LogP contribution < -0.4 is 4.74 Å². The maximum absolute atomic E-state index is 10.7. The van der Waals surface area contributed by atoms with E-state index in [9.17, 15) is 18.5 Å². The first-order valence-electron chi connectivity index (χ1n) is 5.10. The highest BCUT2D eigenvalue weighted by atomic mass is 35.7. The summed E-state index contributed by atoms with van der Waals surface area (Å²) in [6.45, 7) is 1.88. The lowest BCUT2D eigenvalue weighted by Crippen LogP contribution is -2.05. The third-order valence-corrected chi connectivity index (χ3v) is 3.41. The molecule has 0 bridgehead atoms. The Morgan fingerprint density at radius 3 is 2.67 bits per heavy atom. The number of nitro groups is 1. The van der Waals surface area contributed by atoms with Crippen LogP contribution in [0.5, 0.6) is 5.75 Å². The summed E-state index contributed by atoms with van der Waals surface area (Å²) in [5, 5.41) is 10.6. The van der Waals surface area contributed by atoms with Crippen molar-refractivity contribution < 1.29 is 18.1 Å². The summed E-state index contributed by atoms with van der Waals surface area (Å²) in [5.41, 5.74) is 0.676. The molecule has 0 aromatic heterocycles. The van der Waals surface area contributed by atoms with Gasteiger partial charge in [-0.05, 0) is 25.0 Å². The van der Waals surface area contributed by atoms with Crippen molar-refractivity contribution in [1.29, 1.82) is 0 Å². The molecule has 1 rings (SSSR count). The molecule has 0 unspecified atom stereocenters. The number of aryl methyl sites for hydroxylation is 1. The first-order chi connectivity index (χ1) is 8.29. The third-order valence-electron chi connectivity index (χ3n) is 2.17. The van der Waals surface area contributed by atoms with Crippen LogP contribution in [0.1, 0.15) is 12.0 Å². The molecule has 18 heavy (non-hydrogen) atoms. The van der Waals surface area contributed by atoms with Crippen LogP contribution in [0.15, 0.2) is 18.2 Å². The van der Waals surface area contributed by atoms with E-state index in [0.29, 0.717) is 5.75 Å². The van der Waals surface area contributed by atoms with Crippen molar-refractivity contribution >= 4 is 25.4 Å². The number of rotatable bonds is 6. The second kappa shape index (κ2) is 6.01. The summed E-state index contributed by atoms with van der Waals surface area (Å²) in [7, 11) is 1.51. The molecule has 1 aromatic carbocycles. The van der Waals surface area contributed by atoms with Gasteiger partial charge in [-0.25, -0.2) is 8.42 Å². The number of non-ortho nitro benzene ring substituents is 1. The third kappa shape index (κ3) is 4.89. The maximum atomic E-state index is 10.7. The summed E-state index contributed by atoms with van der Waals surface area (Å²) in [6, 6.07) is 4.27. The quantitative estimate of drug-likeness (QED) is 0.347. The summed E-state index contributed by atoms with van der Waals surface area (Å²) < 4.78 is 26.6. The van der Waals surface area contributed by atoms with Crippen LogP contribution in [0.2, 0.25) is 0 Å². The predicted octanol–water partition coefficient (Wildman–Crippen LogP) is 2.24. The van der Waals surface area contributed by atoms with E-state index in [1.807, 2.05) is 0 Å². The lowest BCUT2D eigenvalue weighted by molar-refractivity contribution is -0.384. The Kier molecular flexibility index (Phi) is 4.92. The number of ether oxygens (including phenoxy) is 1. The van der Waals surface area contributed by atoms with Gasteiger partial charge >= 0.3 is 0 Å². The van der Waals surface area contributed by atoms with Gasteiger partial charge in [-0.3, -0.25) is 10.1 Å². The second-order valence-corrected chi connectivity index (χ2v) is 6.55. The smallest absolute Gasteiger partial charge is 0.273 e. The molecule has 0 fully saturated rings. The zero-order chi connectivity index (χ0) is 13.8. The SMILES string of the molecule is Cc1ccc([N+](=O)[O-])cc1OCCCS(=O)(=O)Cl. The molecule has 0 spiro atoms. The number of halogens is 1. The first-order valence-corrected chi connectivity index (χ1v) is 7.57. The highest BCUT2D eigenvalue weighted by Crippen LogP contribution is 2.24. The Balaban J connectivity index is 2.61. The molecule has 1 aromatic rings. The number of benzene rings is 1. The van der Waals surface area contributed by atoms with Crippen molar-refractivity contribution in [3.8, 4) is 5.75 Å². The van der Waals surface area contributed by atoms with Crippen LogP contribution in [-0.2, 0) is 9.05 Å². The second-order valence-electron chi connectivity index (χ2n) is 3.65. The fourth-order valence-corrected chi connectivity index (χ4v) is 2.06. The van der Waals surface area contributed by atoms with E-state index >= 15 is 0 Å². The van der Waals surface area contributed by atoms with Gasteiger partial charge in [0.1, 0.15) is 5.75 Å². The lowest BCUT2D eigenvalue weighted by atomic mass is 10.2. The van der Waals surface area contributed by atoms with E-state index in [1.54, 1.807) is 13.0 Å². The minimum absolute atomic E-state index is 0.0689. The van der Waals surface area contributed by atoms with Gasteiger partial charge in [0.2, 0.25) is 9.05 Å². The largest absolute Gasteiger partial charge is 0.493 e. The molecule has 100 valence electrons. The van der Waals surface area contributed by atoms with Crippen molar-refractivity contribution in [2.75, 3.05) is 12.4 Å². The van der Waals surface area contributed by atoms with Crippen molar-refractivity contribution in [2.45, 2.75) is 13.3 Å². The minimum Gasteiger partial charge on any atom is -0.493 e. The van der Waals surface area contributed by atoms with Gasteiger partial charge in [0.15, 0.2) is 0 Å². The summed E-state index contributed by atoms with van der Waals surface area (Å²) in [5.74, 6) is 0.180. The molecule has 0 aliphatic heterocycles. The summed E-state index contributed by atoms with van der Waals surface area (Å²) in [6.07, 6.45) is 0.230. The number of nitrogens with zero attached hydrogens (tertiary/aromatic N) is 1. The van der Waals surface area contributed by atoms with Gasteiger partial charge in [-0.15, -0.1) is 0 Å². The number of hydrogen-bond donors (Lipinski definition) is 0. The van der Waals surface area contributed by atoms with Crippen molar-refractivity contribution in [1.82, 2.24) is 0 Å². The molecule has 0 N–H and O–H groups in total. The molecule has 8 heteroatoms. The summed E-state index contributed by atoms with van der Waals surface area (Å²) >= 11 is 0. The Morgan fingerprint density at radius 2 is 2.11 bits per heavy atom. The lowest BCUT2D eigenvalue weighted by Gasteiger charge is -2.08. The molecule has 0 saturated heterocycles. The number of hydrogen-bond acceptors (Lipinski definition) is 5. The van der Waals surface area contributed by atoms with Crippen LogP contribution in [0, 0.1) is 17.0 Å². The van der Waals surface area contributed by atoms with Gasteiger partial charge in [0.25, 0.3) is 5.69 Å². The van der Waals surface area contributed by atoms with E-state index in [2.05, 4.69) is 0 Å². The zero-order valence-corrected chi connectivity index (χ0v) is 11.2. The Morgan fingerprint density at radius 1 is 1.44 bits per heavy atom. The topological polar surface area (TPSA) is 86.5 Å². The fraction of sp³-hybridized carbons (Fsp3) is 0.400. The molecule has 0 aliphatic carbocycles. The van der Waals surface area contributed by atoms with E-state index in [4.69, 9.17) is 15.4 Å². The Labute approximate surface area is 109 Å². The molecular formula is C10H12ClNO5S. The molecular weight excluding hydrogens is 282 g/mol. The monoisotopic (exact) mass is 293 g/mol. The average Bonchev–Trinajstić information content (AvgIpc) is 2.24. The fourth-order valence-electron chi connectivity index (χ4n) is 1.27. The normalized spacial score (nSPS) is 11.2. The predicted molar refractivity (Wildman–Crippen MR) is 67.6 cm³/mol. The van der Waals surface area contributed by atoms with Crippen LogP contribution in [-0.4, -0.2) is 25.7 Å². The zero-order valence-electron chi connectivity index (χ0n) is 9.63. The van der Waals surface area contributed by atoms with Crippen molar-refractivity contribution in [3.05, 3.63) is 33.9 Å². The van der Waals surface area contributed by atoms with Crippen LogP contribution in [0.4, 0.5) is 5.69 Å². The molecule has 0 atom stereocenters. The minimum atomic E-state index is -3.53. The van der Waals surface area contributed by atoms with Crippen molar-refractivity contribution in [3.63, 3.8) is 0 Å². The molecule has 6 nitrogen and oxygen atoms in total. The van der Waals surface area contributed by atoms with Crippen LogP contribution in [0.3, 0.4) is 0 Å². The van der Waals surface area contributed by atoms with Gasteiger partial charge in [-0.1, -0.05) is 0 Å². The van der Waals surface area contributed by atoms with Gasteiger partial charge in [-0.2, -0.15) is 0 Å². The molecule has 0 amide bonds. The highest BCUT2D eigenvalue weighted by Gasteiger charge is 2.10. The van der Waals surface area contributed by atoms with Gasteiger partial charge in [0, 0.05) is 16.7 Å². The first kappa shape index (κ1) is 14.7. The van der Waals surface area contributed by atoms with Gasteiger partial charge in [0.05, 0.1) is 23.3 Å². The van der Waals surface area contributed by atoms with Crippen molar-refractivity contribution in [2.24, 2.45) is 0 Å². The molecule has 0 heterocycles. The van der Waals surface area contributed by atoms with E-state index < -0.39 is 14.0 Å². The molecule has 0 saturated carbocycles. The van der Waals surface area contributed by atoms with Crippen LogP contribution in [0.25, 0.3) is 0 Å².